The van der Waals surface area contributed by atoms with Gasteiger partial charge in [0, 0.05) is 11.1 Å². The molecule has 0 bridgehead atoms. The van der Waals surface area contributed by atoms with Crippen molar-refractivity contribution >= 4 is 28.3 Å². The molecule has 0 aromatic carbocycles. The largest absolute Gasteiger partial charge is 0.478 e. The highest BCUT2D eigenvalue weighted by atomic mass is 32.1. The molecule has 0 fully saturated rings. The van der Waals surface area contributed by atoms with E-state index in [1.54, 1.807) is 40.7 Å². The molecule has 0 unspecified atom stereocenters. The van der Waals surface area contributed by atoms with Gasteiger partial charge in [-0.2, -0.15) is 5.26 Å². The first-order valence-corrected chi connectivity index (χ1v) is 7.32. The van der Waals surface area contributed by atoms with Gasteiger partial charge < -0.3 is 15.2 Å². The summed E-state index contributed by atoms with van der Waals surface area (Å²) in [6.07, 6.45) is 1.17. The van der Waals surface area contributed by atoms with E-state index in [-0.39, 0.29) is 11.1 Å². The van der Waals surface area contributed by atoms with Crippen molar-refractivity contribution in [2.75, 3.05) is 5.32 Å². The number of carbonyl (C=O) groups excluding carboxylic acids is 1. The van der Waals surface area contributed by atoms with Crippen LogP contribution in [0.15, 0.2) is 11.8 Å². The zero-order chi connectivity index (χ0) is 17.1. The van der Waals surface area contributed by atoms with Crippen molar-refractivity contribution in [3.05, 3.63) is 27.8 Å². The van der Waals surface area contributed by atoms with Gasteiger partial charge in [0.05, 0.1) is 5.56 Å². The molecule has 1 aromatic heterocycles. The molecule has 2 N–H and O–H groups in total. The first-order chi connectivity index (χ1) is 10.1. The van der Waals surface area contributed by atoms with Crippen LogP contribution < -0.4 is 5.32 Å². The average Bonchev–Trinajstić information content (AvgIpc) is 2.63. The second-order valence-corrected chi connectivity index (χ2v) is 6.83. The molecule has 0 radical (unpaired) electrons. The molecular weight excluding hydrogens is 304 g/mol. The van der Waals surface area contributed by atoms with Crippen LogP contribution in [-0.4, -0.2) is 22.6 Å². The summed E-state index contributed by atoms with van der Waals surface area (Å²) in [6.45, 7) is 8.61. The molecule has 22 heavy (non-hydrogen) atoms. The Kier molecular flexibility index (Phi) is 5.33. The summed E-state index contributed by atoms with van der Waals surface area (Å²) in [5, 5.41) is 21.4. The smallest absolute Gasteiger partial charge is 0.350 e. The van der Waals surface area contributed by atoms with Gasteiger partial charge >= 0.3 is 11.9 Å². The van der Waals surface area contributed by atoms with E-state index in [1.807, 2.05) is 0 Å². The van der Waals surface area contributed by atoms with Crippen LogP contribution in [0.4, 0.5) is 5.00 Å². The lowest BCUT2D eigenvalue weighted by molar-refractivity contribution is -0.149. The quantitative estimate of drug-likeness (QED) is 0.501. The molecule has 0 aliphatic rings. The van der Waals surface area contributed by atoms with Crippen molar-refractivity contribution in [2.24, 2.45) is 0 Å². The number of hydrogen-bond donors (Lipinski definition) is 2. The van der Waals surface area contributed by atoms with Crippen molar-refractivity contribution in [3.63, 3.8) is 0 Å². The average molecular weight is 322 g/mol. The maximum absolute atomic E-state index is 11.8. The Labute approximate surface area is 133 Å². The minimum absolute atomic E-state index is 0.139. The van der Waals surface area contributed by atoms with Gasteiger partial charge in [-0.15, -0.1) is 11.3 Å². The van der Waals surface area contributed by atoms with E-state index in [2.05, 4.69) is 5.32 Å². The highest BCUT2D eigenvalue weighted by Crippen LogP contribution is 2.32. The van der Waals surface area contributed by atoms with Crippen molar-refractivity contribution in [3.8, 4) is 6.07 Å². The lowest BCUT2D eigenvalue weighted by Crippen LogP contribution is -2.24. The number of aryl methyl sites for hydroxylation is 1. The lowest BCUT2D eigenvalue weighted by atomic mass is 10.1. The number of anilines is 1. The predicted molar refractivity (Wildman–Crippen MR) is 83.9 cm³/mol. The monoisotopic (exact) mass is 322 g/mol. The fourth-order valence-corrected chi connectivity index (χ4v) is 2.62. The van der Waals surface area contributed by atoms with Gasteiger partial charge in [0.25, 0.3) is 0 Å². The molecule has 6 nitrogen and oxygen atoms in total. The van der Waals surface area contributed by atoms with Crippen LogP contribution in [0.25, 0.3) is 0 Å². The number of esters is 1. The highest BCUT2D eigenvalue weighted by molar-refractivity contribution is 7.16. The van der Waals surface area contributed by atoms with Gasteiger partial charge in [0.1, 0.15) is 16.7 Å². The second-order valence-electron chi connectivity index (χ2n) is 5.61. The molecule has 0 saturated carbocycles. The lowest BCUT2D eigenvalue weighted by Gasteiger charge is -2.18. The van der Waals surface area contributed by atoms with E-state index < -0.39 is 17.5 Å². The van der Waals surface area contributed by atoms with Crippen molar-refractivity contribution < 1.29 is 19.4 Å². The predicted octanol–water partition coefficient (Wildman–Crippen LogP) is 3.22. The van der Waals surface area contributed by atoms with Gasteiger partial charge in [-0.3, -0.25) is 0 Å². The van der Waals surface area contributed by atoms with Crippen LogP contribution in [0.5, 0.6) is 0 Å². The van der Waals surface area contributed by atoms with Gasteiger partial charge in [0.2, 0.25) is 0 Å². The van der Waals surface area contributed by atoms with E-state index >= 15 is 0 Å². The van der Waals surface area contributed by atoms with Crippen LogP contribution >= 0.6 is 11.3 Å². The number of ether oxygens (including phenoxy) is 1. The van der Waals surface area contributed by atoms with E-state index in [9.17, 15) is 14.7 Å². The number of nitrogens with zero attached hydrogens (tertiary/aromatic N) is 1. The third-order valence-electron chi connectivity index (χ3n) is 2.69. The van der Waals surface area contributed by atoms with Crippen LogP contribution in [0.1, 0.15) is 41.6 Å². The number of carboxylic acids is 1. The first-order valence-electron chi connectivity index (χ1n) is 6.50. The van der Waals surface area contributed by atoms with E-state index in [0.717, 1.165) is 4.88 Å². The third-order valence-corrected chi connectivity index (χ3v) is 3.82. The standard InChI is InChI=1S/C15H18N2O4S/c1-8-9(2)22-12(11(8)13(18)19)17-7-10(6-16)14(20)21-15(3,4)5/h7,17H,1-5H3,(H,18,19)/b10-7+. The van der Waals surface area contributed by atoms with Crippen molar-refractivity contribution in [1.29, 1.82) is 5.26 Å². The Morgan fingerprint density at radius 1 is 1.36 bits per heavy atom. The summed E-state index contributed by atoms with van der Waals surface area (Å²) in [4.78, 5) is 24.0. The Bertz CT molecular complexity index is 675. The number of rotatable bonds is 4. The van der Waals surface area contributed by atoms with E-state index in [0.29, 0.717) is 10.6 Å². The van der Waals surface area contributed by atoms with E-state index in [4.69, 9.17) is 10.00 Å². The minimum Gasteiger partial charge on any atom is -0.478 e. The topological polar surface area (TPSA) is 99.4 Å². The highest BCUT2D eigenvalue weighted by Gasteiger charge is 2.21. The minimum atomic E-state index is -1.06. The Balaban J connectivity index is 3.05. The number of hydrogen-bond acceptors (Lipinski definition) is 6. The van der Waals surface area contributed by atoms with Gasteiger partial charge in [-0.1, -0.05) is 0 Å². The van der Waals surface area contributed by atoms with Crippen LogP contribution in [0.3, 0.4) is 0 Å². The number of nitrogens with one attached hydrogen (secondary N) is 1. The van der Waals surface area contributed by atoms with Crippen molar-refractivity contribution in [1.82, 2.24) is 0 Å². The summed E-state index contributed by atoms with van der Waals surface area (Å²) >= 11 is 1.25. The number of carboxylic acid groups (broad SMARTS) is 1. The molecular formula is C15H18N2O4S. The summed E-state index contributed by atoms with van der Waals surface area (Å²) in [7, 11) is 0. The van der Waals surface area contributed by atoms with Crippen LogP contribution in [0.2, 0.25) is 0 Å². The van der Waals surface area contributed by atoms with Gasteiger partial charge in [-0.25, -0.2) is 9.59 Å². The SMILES string of the molecule is Cc1sc(N/C=C(\C#N)C(=O)OC(C)(C)C)c(C(=O)O)c1C. The molecule has 0 atom stereocenters. The van der Waals surface area contributed by atoms with Gasteiger partial charge in [0.15, 0.2) is 5.57 Å². The zero-order valence-electron chi connectivity index (χ0n) is 13.1. The maximum Gasteiger partial charge on any atom is 0.350 e. The molecule has 0 spiro atoms. The molecule has 0 aliphatic carbocycles. The second kappa shape index (κ2) is 6.62. The summed E-state index contributed by atoms with van der Waals surface area (Å²) in [5.41, 5.74) is -0.144. The Morgan fingerprint density at radius 3 is 2.41 bits per heavy atom. The molecule has 0 aliphatic heterocycles. The Morgan fingerprint density at radius 2 is 1.95 bits per heavy atom. The fraction of sp³-hybridized carbons (Fsp3) is 0.400. The number of aromatic carboxylic acids is 1. The van der Waals surface area contributed by atoms with Crippen molar-refractivity contribution in [2.45, 2.75) is 40.2 Å². The zero-order valence-corrected chi connectivity index (χ0v) is 13.9. The number of carbonyl (C=O) groups is 2. The summed E-state index contributed by atoms with van der Waals surface area (Å²) in [5.74, 6) is -1.82. The van der Waals surface area contributed by atoms with E-state index in [1.165, 1.54) is 17.5 Å². The maximum atomic E-state index is 11.8. The third kappa shape index (κ3) is 4.33. The Hall–Kier alpha value is -2.33. The first kappa shape index (κ1) is 17.7. The molecule has 118 valence electrons. The summed E-state index contributed by atoms with van der Waals surface area (Å²) in [6, 6.07) is 1.75. The fourth-order valence-electron chi connectivity index (χ4n) is 1.59. The number of thiophene rings is 1. The van der Waals surface area contributed by atoms with Crippen LogP contribution in [-0.2, 0) is 9.53 Å². The molecule has 0 saturated heterocycles. The van der Waals surface area contributed by atoms with Crippen LogP contribution in [0, 0.1) is 25.2 Å². The number of nitriles is 1. The molecule has 1 heterocycles. The summed E-state index contributed by atoms with van der Waals surface area (Å²) < 4.78 is 5.10. The molecule has 0 amide bonds. The molecule has 7 heteroatoms. The molecule has 1 rings (SSSR count). The normalized spacial score (nSPS) is 11.7. The van der Waals surface area contributed by atoms with Gasteiger partial charge in [-0.05, 0) is 40.2 Å². The molecule has 1 aromatic rings.